The lowest BCUT2D eigenvalue weighted by Gasteiger charge is -2.17. The molecule has 0 heterocycles. The third-order valence-electron chi connectivity index (χ3n) is 2.38. The Morgan fingerprint density at radius 1 is 1.44 bits per heavy atom. The first kappa shape index (κ1) is 12.5. The first-order valence-corrected chi connectivity index (χ1v) is 5.28. The summed E-state index contributed by atoms with van der Waals surface area (Å²) in [7, 11) is 0. The fraction of sp³-hybridized carbons (Fsp3) is 0.417. The van der Waals surface area contributed by atoms with Crippen molar-refractivity contribution in [2.45, 2.75) is 32.8 Å². The van der Waals surface area contributed by atoms with Gasteiger partial charge in [0, 0.05) is 0 Å². The molecule has 1 aromatic carbocycles. The molecular formula is C12H15FO3. The van der Waals surface area contributed by atoms with Gasteiger partial charge in [-0.25, -0.2) is 9.18 Å². The number of carbonyl (C=O) groups is 1. The second kappa shape index (κ2) is 5.49. The van der Waals surface area contributed by atoms with Crippen molar-refractivity contribution in [1.82, 2.24) is 0 Å². The summed E-state index contributed by atoms with van der Waals surface area (Å²) in [5.41, 5.74) is -0.132. The third-order valence-corrected chi connectivity index (χ3v) is 2.38. The zero-order chi connectivity index (χ0) is 12.1. The molecule has 1 aromatic rings. The third kappa shape index (κ3) is 2.95. The molecule has 0 aliphatic heterocycles. The zero-order valence-corrected chi connectivity index (χ0v) is 9.37. The van der Waals surface area contributed by atoms with Crippen molar-refractivity contribution >= 4 is 5.97 Å². The largest absolute Gasteiger partial charge is 0.490 e. The second-order valence-corrected chi connectivity index (χ2v) is 3.50. The Bertz CT molecular complexity index is 373. The molecule has 0 saturated carbocycles. The van der Waals surface area contributed by atoms with Crippen molar-refractivity contribution in [2.75, 3.05) is 0 Å². The van der Waals surface area contributed by atoms with Gasteiger partial charge < -0.3 is 9.84 Å². The molecule has 0 fully saturated rings. The van der Waals surface area contributed by atoms with E-state index in [0.29, 0.717) is 0 Å². The van der Waals surface area contributed by atoms with Gasteiger partial charge in [0.2, 0.25) is 0 Å². The molecule has 0 bridgehead atoms. The molecular weight excluding hydrogens is 211 g/mol. The van der Waals surface area contributed by atoms with Crippen molar-refractivity contribution in [3.8, 4) is 5.75 Å². The zero-order valence-electron chi connectivity index (χ0n) is 9.37. The molecule has 0 amide bonds. The average molecular weight is 226 g/mol. The van der Waals surface area contributed by atoms with Crippen LogP contribution in [0.3, 0.4) is 0 Å². The molecule has 16 heavy (non-hydrogen) atoms. The topological polar surface area (TPSA) is 46.5 Å². The second-order valence-electron chi connectivity index (χ2n) is 3.50. The van der Waals surface area contributed by atoms with Crippen LogP contribution in [0.25, 0.3) is 0 Å². The van der Waals surface area contributed by atoms with Crippen LogP contribution in [0.1, 0.15) is 37.0 Å². The SMILES string of the molecule is CCC(CC)Oc1ccc(F)cc1C(=O)O. The quantitative estimate of drug-likeness (QED) is 0.839. The molecule has 1 rings (SSSR count). The molecule has 0 atom stereocenters. The number of halogens is 1. The smallest absolute Gasteiger partial charge is 0.339 e. The number of hydrogen-bond acceptors (Lipinski definition) is 2. The van der Waals surface area contributed by atoms with Gasteiger partial charge in [-0.15, -0.1) is 0 Å². The van der Waals surface area contributed by atoms with E-state index in [4.69, 9.17) is 9.84 Å². The maximum Gasteiger partial charge on any atom is 0.339 e. The van der Waals surface area contributed by atoms with Crippen LogP contribution >= 0.6 is 0 Å². The van der Waals surface area contributed by atoms with Gasteiger partial charge in [-0.05, 0) is 31.0 Å². The van der Waals surface area contributed by atoms with Crippen LogP contribution in [0.2, 0.25) is 0 Å². The molecule has 4 heteroatoms. The van der Waals surface area contributed by atoms with E-state index >= 15 is 0 Å². The van der Waals surface area contributed by atoms with Gasteiger partial charge in [-0.2, -0.15) is 0 Å². The monoisotopic (exact) mass is 226 g/mol. The Labute approximate surface area is 93.9 Å². The summed E-state index contributed by atoms with van der Waals surface area (Å²) in [6, 6.07) is 3.53. The van der Waals surface area contributed by atoms with Crippen LogP contribution in [0.5, 0.6) is 5.75 Å². The fourth-order valence-electron chi connectivity index (χ4n) is 1.41. The van der Waals surface area contributed by atoms with Gasteiger partial charge >= 0.3 is 5.97 Å². The lowest BCUT2D eigenvalue weighted by Crippen LogP contribution is -2.15. The lowest BCUT2D eigenvalue weighted by atomic mass is 10.1. The number of benzene rings is 1. The van der Waals surface area contributed by atoms with Crippen molar-refractivity contribution in [3.05, 3.63) is 29.6 Å². The first-order chi connectivity index (χ1) is 7.58. The predicted molar refractivity (Wildman–Crippen MR) is 58.4 cm³/mol. The normalized spacial score (nSPS) is 10.5. The molecule has 0 aromatic heterocycles. The standard InChI is InChI=1S/C12H15FO3/c1-3-9(4-2)16-11-6-5-8(13)7-10(11)12(14)15/h5-7,9H,3-4H2,1-2H3,(H,14,15). The summed E-state index contributed by atoms with van der Waals surface area (Å²) in [4.78, 5) is 10.9. The Morgan fingerprint density at radius 3 is 2.56 bits per heavy atom. The van der Waals surface area contributed by atoms with Crippen LogP contribution in [-0.2, 0) is 0 Å². The van der Waals surface area contributed by atoms with E-state index in [-0.39, 0.29) is 17.4 Å². The maximum atomic E-state index is 12.9. The molecule has 0 spiro atoms. The van der Waals surface area contributed by atoms with E-state index in [2.05, 4.69) is 0 Å². The van der Waals surface area contributed by atoms with Crippen molar-refractivity contribution in [3.63, 3.8) is 0 Å². The predicted octanol–water partition coefficient (Wildman–Crippen LogP) is 3.09. The summed E-state index contributed by atoms with van der Waals surface area (Å²) < 4.78 is 18.4. The Hall–Kier alpha value is -1.58. The summed E-state index contributed by atoms with van der Waals surface area (Å²) >= 11 is 0. The highest BCUT2D eigenvalue weighted by atomic mass is 19.1. The van der Waals surface area contributed by atoms with Gasteiger partial charge in [0.1, 0.15) is 17.1 Å². The number of carboxylic acid groups (broad SMARTS) is 1. The van der Waals surface area contributed by atoms with Crippen LogP contribution in [0.15, 0.2) is 18.2 Å². The van der Waals surface area contributed by atoms with Crippen molar-refractivity contribution in [1.29, 1.82) is 0 Å². The minimum absolute atomic E-state index is 0.0384. The van der Waals surface area contributed by atoms with E-state index in [1.54, 1.807) is 0 Å². The van der Waals surface area contributed by atoms with E-state index in [9.17, 15) is 9.18 Å². The Kier molecular flexibility index (Phi) is 4.28. The van der Waals surface area contributed by atoms with Crippen molar-refractivity contribution < 1.29 is 19.0 Å². The molecule has 0 radical (unpaired) electrons. The average Bonchev–Trinajstić information content (AvgIpc) is 2.27. The van der Waals surface area contributed by atoms with Crippen molar-refractivity contribution in [2.24, 2.45) is 0 Å². The number of rotatable bonds is 5. The number of ether oxygens (including phenoxy) is 1. The molecule has 0 aliphatic carbocycles. The summed E-state index contributed by atoms with van der Waals surface area (Å²) in [6.45, 7) is 3.91. The highest BCUT2D eigenvalue weighted by Gasteiger charge is 2.15. The number of carboxylic acids is 1. The van der Waals surface area contributed by atoms with Crippen LogP contribution < -0.4 is 4.74 Å². The molecule has 0 aliphatic rings. The van der Waals surface area contributed by atoms with Crippen LogP contribution in [-0.4, -0.2) is 17.2 Å². The first-order valence-electron chi connectivity index (χ1n) is 5.28. The van der Waals surface area contributed by atoms with Gasteiger partial charge in [0.05, 0.1) is 6.10 Å². The highest BCUT2D eigenvalue weighted by Crippen LogP contribution is 2.22. The summed E-state index contributed by atoms with van der Waals surface area (Å²) in [5, 5.41) is 8.90. The molecule has 1 N–H and O–H groups in total. The van der Waals surface area contributed by atoms with Gasteiger partial charge in [0.25, 0.3) is 0 Å². The number of aromatic carboxylic acids is 1. The fourth-order valence-corrected chi connectivity index (χ4v) is 1.41. The lowest BCUT2D eigenvalue weighted by molar-refractivity contribution is 0.0687. The highest BCUT2D eigenvalue weighted by molar-refractivity contribution is 5.90. The Balaban J connectivity index is 2.98. The molecule has 3 nitrogen and oxygen atoms in total. The maximum absolute atomic E-state index is 12.9. The van der Waals surface area contributed by atoms with Crippen LogP contribution in [0.4, 0.5) is 4.39 Å². The van der Waals surface area contributed by atoms with E-state index < -0.39 is 11.8 Å². The molecule has 0 saturated heterocycles. The van der Waals surface area contributed by atoms with Gasteiger partial charge in [-0.1, -0.05) is 13.8 Å². The van der Waals surface area contributed by atoms with Crippen LogP contribution in [0, 0.1) is 5.82 Å². The summed E-state index contributed by atoms with van der Waals surface area (Å²) in [5.74, 6) is -1.53. The summed E-state index contributed by atoms with van der Waals surface area (Å²) in [6.07, 6.45) is 1.53. The Morgan fingerprint density at radius 2 is 2.06 bits per heavy atom. The van der Waals surface area contributed by atoms with Gasteiger partial charge in [0.15, 0.2) is 0 Å². The minimum atomic E-state index is -1.18. The molecule has 88 valence electrons. The number of hydrogen-bond donors (Lipinski definition) is 1. The van der Waals surface area contributed by atoms with E-state index in [1.165, 1.54) is 12.1 Å². The van der Waals surface area contributed by atoms with E-state index in [1.807, 2.05) is 13.8 Å². The minimum Gasteiger partial charge on any atom is -0.490 e. The van der Waals surface area contributed by atoms with E-state index in [0.717, 1.165) is 18.9 Å². The molecule has 0 unspecified atom stereocenters. The van der Waals surface area contributed by atoms with Gasteiger partial charge in [-0.3, -0.25) is 0 Å².